The molecule has 0 aliphatic carbocycles. The number of carbonyl (C=O) groups is 1. The Labute approximate surface area is 106 Å². The molecule has 0 bridgehead atoms. The molecule has 0 atom stereocenters. The van der Waals surface area contributed by atoms with Crippen molar-refractivity contribution in [1.82, 2.24) is 5.32 Å². The number of carbonyl (C=O) groups excluding carboxylic acids is 1. The summed E-state index contributed by atoms with van der Waals surface area (Å²) in [5.41, 5.74) is -0.393. The zero-order valence-corrected chi connectivity index (χ0v) is 10.0. The van der Waals surface area contributed by atoms with Crippen LogP contribution in [0.25, 0.3) is 0 Å². The molecule has 1 rings (SSSR count). The third kappa shape index (κ3) is 3.59. The van der Waals surface area contributed by atoms with Gasteiger partial charge in [-0.05, 0) is 31.3 Å². The topological polar surface area (TPSA) is 50.4 Å². The van der Waals surface area contributed by atoms with Crippen LogP contribution in [0.4, 0.5) is 23.7 Å². The number of nitrogens with one attached hydrogen (secondary N) is 2. The first kappa shape index (κ1) is 14.2. The molecule has 0 unspecified atom stereocenters. The van der Waals surface area contributed by atoms with Crippen molar-refractivity contribution in [3.05, 3.63) is 29.6 Å². The number of hydrogen-bond acceptors (Lipinski definition) is 3. The maximum Gasteiger partial charge on any atom is 0.413 e. The number of ether oxygens (including phenoxy) is 1. The van der Waals surface area contributed by atoms with Crippen LogP contribution in [0.5, 0.6) is 0 Å². The van der Waals surface area contributed by atoms with Crippen LogP contribution in [0.2, 0.25) is 0 Å². The van der Waals surface area contributed by atoms with Gasteiger partial charge in [-0.2, -0.15) is 0 Å². The van der Waals surface area contributed by atoms with Crippen molar-refractivity contribution in [1.29, 1.82) is 0 Å². The van der Waals surface area contributed by atoms with E-state index >= 15 is 0 Å². The van der Waals surface area contributed by atoms with Gasteiger partial charge in [0.1, 0.15) is 0 Å². The molecule has 4 nitrogen and oxygen atoms in total. The fourth-order valence-corrected chi connectivity index (χ4v) is 1.23. The number of benzene rings is 1. The Hall–Kier alpha value is -1.83. The van der Waals surface area contributed by atoms with Gasteiger partial charge in [-0.1, -0.05) is 0 Å². The van der Waals surface area contributed by atoms with Crippen molar-refractivity contribution < 1.29 is 22.7 Å². The fourth-order valence-electron chi connectivity index (χ4n) is 1.04. The maximum absolute atomic E-state index is 13.2. The molecule has 2 N–H and O–H groups in total. The normalized spacial score (nSPS) is 9.78. The molecule has 1 amide bonds. The van der Waals surface area contributed by atoms with Crippen LogP contribution in [0.15, 0.2) is 12.1 Å². The first-order valence-corrected chi connectivity index (χ1v) is 5.24. The summed E-state index contributed by atoms with van der Waals surface area (Å²) in [7, 11) is 0. The highest BCUT2D eigenvalue weighted by Gasteiger charge is 2.14. The summed E-state index contributed by atoms with van der Waals surface area (Å²) in [6.45, 7) is 1.72. The Balaban J connectivity index is 2.71. The molecule has 1 aromatic rings. The standard InChI is InChI=1S/C10H9F3N2O2S/c1-2-17-10(16)15-9(18)14-6-4-3-5(11)7(12)8(6)13/h3-4H,2H2,1H3,(H2,14,15,16,18). The Kier molecular flexibility index (Phi) is 4.90. The van der Waals surface area contributed by atoms with Crippen molar-refractivity contribution in [3.63, 3.8) is 0 Å². The monoisotopic (exact) mass is 278 g/mol. The van der Waals surface area contributed by atoms with Gasteiger partial charge in [0.25, 0.3) is 0 Å². The summed E-state index contributed by atoms with van der Waals surface area (Å²) < 4.78 is 43.3. The zero-order valence-electron chi connectivity index (χ0n) is 9.22. The number of rotatable bonds is 2. The average molecular weight is 278 g/mol. The molecular weight excluding hydrogens is 269 g/mol. The lowest BCUT2D eigenvalue weighted by Gasteiger charge is -2.10. The van der Waals surface area contributed by atoms with E-state index in [1.54, 1.807) is 6.92 Å². The van der Waals surface area contributed by atoms with Crippen molar-refractivity contribution in [3.8, 4) is 0 Å². The number of hydrogen-bond donors (Lipinski definition) is 2. The van der Waals surface area contributed by atoms with Crippen molar-refractivity contribution in [2.45, 2.75) is 6.92 Å². The van der Waals surface area contributed by atoms with Crippen LogP contribution in [0.1, 0.15) is 6.92 Å². The Morgan fingerprint density at radius 2 is 2.00 bits per heavy atom. The molecule has 8 heteroatoms. The predicted molar refractivity (Wildman–Crippen MR) is 62.7 cm³/mol. The van der Waals surface area contributed by atoms with E-state index in [2.05, 4.69) is 27.6 Å². The molecule has 1 aromatic carbocycles. The number of anilines is 1. The van der Waals surface area contributed by atoms with Gasteiger partial charge < -0.3 is 10.1 Å². The minimum atomic E-state index is -1.63. The van der Waals surface area contributed by atoms with E-state index in [-0.39, 0.29) is 11.7 Å². The molecule has 0 aliphatic heterocycles. The second-order valence-electron chi connectivity index (χ2n) is 3.02. The van der Waals surface area contributed by atoms with Crippen LogP contribution in [0, 0.1) is 17.5 Å². The number of halogens is 3. The molecule has 0 fully saturated rings. The SMILES string of the molecule is CCOC(=O)NC(=S)Nc1ccc(F)c(F)c1F. The summed E-state index contributed by atoms with van der Waals surface area (Å²) >= 11 is 4.66. The number of thiocarbonyl (C=S) groups is 1. The molecule has 0 radical (unpaired) electrons. The highest BCUT2D eigenvalue weighted by Crippen LogP contribution is 2.19. The summed E-state index contributed by atoms with van der Waals surface area (Å²) in [5, 5.41) is 3.98. The smallest absolute Gasteiger partial charge is 0.413 e. The first-order valence-electron chi connectivity index (χ1n) is 4.84. The Bertz CT molecular complexity index is 482. The van der Waals surface area contributed by atoms with Gasteiger partial charge in [-0.25, -0.2) is 18.0 Å². The minimum Gasteiger partial charge on any atom is -0.450 e. The second kappa shape index (κ2) is 6.20. The highest BCUT2D eigenvalue weighted by atomic mass is 32.1. The van der Waals surface area contributed by atoms with Gasteiger partial charge in [0, 0.05) is 0 Å². The molecule has 0 saturated carbocycles. The summed E-state index contributed by atoms with van der Waals surface area (Å²) in [5.74, 6) is -4.37. The molecule has 18 heavy (non-hydrogen) atoms. The quantitative estimate of drug-likeness (QED) is 0.645. The van der Waals surface area contributed by atoms with Crippen LogP contribution < -0.4 is 10.6 Å². The molecule has 0 aromatic heterocycles. The van der Waals surface area contributed by atoms with E-state index in [4.69, 9.17) is 0 Å². The molecular formula is C10H9F3N2O2S. The summed E-state index contributed by atoms with van der Waals surface area (Å²) in [6, 6.07) is 1.68. The molecule has 98 valence electrons. The van der Waals surface area contributed by atoms with E-state index < -0.39 is 29.2 Å². The molecule has 0 heterocycles. The van der Waals surface area contributed by atoms with Crippen LogP contribution in [-0.4, -0.2) is 17.8 Å². The van der Waals surface area contributed by atoms with E-state index in [9.17, 15) is 18.0 Å². The lowest BCUT2D eigenvalue weighted by molar-refractivity contribution is 0.158. The Morgan fingerprint density at radius 1 is 1.33 bits per heavy atom. The van der Waals surface area contributed by atoms with Crippen LogP contribution in [-0.2, 0) is 4.74 Å². The average Bonchev–Trinajstić information content (AvgIpc) is 2.30. The van der Waals surface area contributed by atoms with Crippen LogP contribution in [0.3, 0.4) is 0 Å². The summed E-state index contributed by atoms with van der Waals surface area (Å²) in [6.07, 6.45) is -0.835. The van der Waals surface area contributed by atoms with Crippen molar-refractivity contribution in [2.24, 2.45) is 0 Å². The molecule has 0 aliphatic rings. The minimum absolute atomic E-state index is 0.133. The van der Waals surface area contributed by atoms with Gasteiger partial charge >= 0.3 is 6.09 Å². The maximum atomic E-state index is 13.2. The largest absolute Gasteiger partial charge is 0.450 e. The van der Waals surface area contributed by atoms with E-state index in [1.807, 2.05) is 0 Å². The summed E-state index contributed by atoms with van der Waals surface area (Å²) in [4.78, 5) is 11.0. The molecule has 0 spiro atoms. The van der Waals surface area contributed by atoms with Gasteiger partial charge in [0.2, 0.25) is 0 Å². The van der Waals surface area contributed by atoms with E-state index in [0.29, 0.717) is 0 Å². The van der Waals surface area contributed by atoms with Gasteiger partial charge in [0.05, 0.1) is 12.3 Å². The number of alkyl carbamates (subject to hydrolysis) is 1. The molecule has 0 saturated heterocycles. The lowest BCUT2D eigenvalue weighted by atomic mass is 10.3. The van der Waals surface area contributed by atoms with Gasteiger partial charge in [0.15, 0.2) is 22.6 Å². The first-order chi connectivity index (χ1) is 8.45. The Morgan fingerprint density at radius 3 is 2.61 bits per heavy atom. The van der Waals surface area contributed by atoms with Crippen molar-refractivity contribution >= 4 is 29.1 Å². The van der Waals surface area contributed by atoms with Gasteiger partial charge in [-0.3, -0.25) is 5.32 Å². The third-order valence-electron chi connectivity index (χ3n) is 1.77. The zero-order chi connectivity index (χ0) is 13.7. The van der Waals surface area contributed by atoms with Crippen molar-refractivity contribution in [2.75, 3.05) is 11.9 Å². The fraction of sp³-hybridized carbons (Fsp3) is 0.200. The highest BCUT2D eigenvalue weighted by molar-refractivity contribution is 7.80. The van der Waals surface area contributed by atoms with Crippen LogP contribution >= 0.6 is 12.2 Å². The predicted octanol–water partition coefficient (Wildman–Crippen LogP) is 2.55. The second-order valence-corrected chi connectivity index (χ2v) is 3.43. The van der Waals surface area contributed by atoms with E-state index in [1.165, 1.54) is 0 Å². The lowest BCUT2D eigenvalue weighted by Crippen LogP contribution is -2.34. The van der Waals surface area contributed by atoms with Gasteiger partial charge in [-0.15, -0.1) is 0 Å². The number of amides is 1. The van der Waals surface area contributed by atoms with E-state index in [0.717, 1.165) is 12.1 Å². The third-order valence-corrected chi connectivity index (χ3v) is 1.98.